The minimum Gasteiger partial charge on any atom is -0.355 e. The first-order valence-corrected chi connectivity index (χ1v) is 11.3. The summed E-state index contributed by atoms with van der Waals surface area (Å²) in [6.07, 6.45) is 3.98. The predicted molar refractivity (Wildman–Crippen MR) is 135 cm³/mol. The van der Waals surface area contributed by atoms with Gasteiger partial charge in [0.25, 0.3) is 0 Å². The Hall–Kier alpha value is -2.44. The lowest BCUT2D eigenvalue weighted by Gasteiger charge is -2.13. The summed E-state index contributed by atoms with van der Waals surface area (Å²) in [4.78, 5) is 4.34. The summed E-state index contributed by atoms with van der Waals surface area (Å²) in [5.41, 5.74) is 1.35. The highest BCUT2D eigenvalue weighted by atomic mass is 127. The number of aromatic nitrogens is 1. The monoisotopic (exact) mass is 571 g/mol. The molecule has 0 fully saturated rings. The fraction of sp³-hybridized carbons (Fsp3) is 0.227. The molecule has 3 N–H and O–H groups in total. The van der Waals surface area contributed by atoms with Gasteiger partial charge in [0.05, 0.1) is 4.90 Å². The van der Waals surface area contributed by atoms with Crippen LogP contribution in [0.25, 0.3) is 0 Å². The number of nitrogens with zero attached hydrogens (tertiary/aromatic N) is 2. The summed E-state index contributed by atoms with van der Waals surface area (Å²) in [5.74, 6) is 0.227. The van der Waals surface area contributed by atoms with Crippen molar-refractivity contribution in [1.29, 1.82) is 0 Å². The maximum atomic E-state index is 13.3. The molecule has 0 aliphatic heterocycles. The zero-order chi connectivity index (χ0) is 22.1. The molecule has 1 aromatic heterocycles. The lowest BCUT2D eigenvalue weighted by molar-refractivity contribution is 0.580. The van der Waals surface area contributed by atoms with Crippen LogP contribution in [0, 0.1) is 5.82 Å². The number of sulfonamides is 1. The second kappa shape index (κ2) is 12.6. The van der Waals surface area contributed by atoms with Crippen LogP contribution < -0.4 is 15.4 Å². The van der Waals surface area contributed by atoms with Gasteiger partial charge in [-0.05, 0) is 47.5 Å². The van der Waals surface area contributed by atoms with Crippen molar-refractivity contribution < 1.29 is 12.8 Å². The van der Waals surface area contributed by atoms with Crippen LogP contribution in [0.2, 0.25) is 0 Å². The summed E-state index contributed by atoms with van der Waals surface area (Å²) in [6.45, 7) is 1.93. The smallest absolute Gasteiger partial charge is 0.240 e. The number of nitrogens with one attached hydrogen (secondary N) is 3. The number of guanidine groups is 1. The summed E-state index contributed by atoms with van der Waals surface area (Å²) in [7, 11) is -2.04. The van der Waals surface area contributed by atoms with Crippen LogP contribution in [0.1, 0.15) is 11.1 Å². The van der Waals surface area contributed by atoms with E-state index in [1.54, 1.807) is 31.3 Å². The van der Waals surface area contributed by atoms with Gasteiger partial charge in [0.1, 0.15) is 5.82 Å². The minimum absolute atomic E-state index is 0. The molecule has 0 atom stereocenters. The maximum absolute atomic E-state index is 13.3. The largest absolute Gasteiger partial charge is 0.355 e. The number of rotatable bonds is 9. The van der Waals surface area contributed by atoms with Crippen LogP contribution in [0.15, 0.2) is 82.9 Å². The van der Waals surface area contributed by atoms with Crippen molar-refractivity contribution >= 4 is 40.0 Å². The van der Waals surface area contributed by atoms with Gasteiger partial charge >= 0.3 is 0 Å². The Labute approximate surface area is 205 Å². The second-order valence-electron chi connectivity index (χ2n) is 6.88. The van der Waals surface area contributed by atoms with Gasteiger partial charge in [-0.2, -0.15) is 0 Å². The predicted octanol–water partition coefficient (Wildman–Crippen LogP) is 3.09. The Morgan fingerprint density at radius 1 is 0.969 bits per heavy atom. The van der Waals surface area contributed by atoms with Crippen LogP contribution in [0.3, 0.4) is 0 Å². The number of hydrogen-bond acceptors (Lipinski definition) is 3. The van der Waals surface area contributed by atoms with E-state index in [1.165, 1.54) is 18.2 Å². The van der Waals surface area contributed by atoms with Gasteiger partial charge in [-0.15, -0.1) is 24.0 Å². The van der Waals surface area contributed by atoms with E-state index < -0.39 is 15.8 Å². The third-order valence-corrected chi connectivity index (χ3v) is 5.98. The number of halogens is 2. The molecule has 0 radical (unpaired) electrons. The van der Waals surface area contributed by atoms with E-state index in [2.05, 4.69) is 24.9 Å². The minimum atomic E-state index is -3.73. The summed E-state index contributed by atoms with van der Waals surface area (Å²) < 4.78 is 43.1. The molecule has 2 aromatic carbocycles. The molecule has 7 nitrogen and oxygen atoms in total. The van der Waals surface area contributed by atoms with E-state index in [0.717, 1.165) is 12.1 Å². The lowest BCUT2D eigenvalue weighted by atomic mass is 10.2. The standard InChI is InChI=1S/C22H26FN5O2S.HI/c1-24-22(25-10-13-28-11-2-3-12-28)26-16-19-7-5-9-21(15-19)31(29,30)27-17-18-6-4-8-20(23)14-18;/h2-9,11-12,14-15,27H,10,13,16-17H2,1H3,(H2,24,25,26);1H. The second-order valence-corrected chi connectivity index (χ2v) is 8.64. The lowest BCUT2D eigenvalue weighted by Crippen LogP contribution is -2.38. The van der Waals surface area contributed by atoms with Crippen molar-refractivity contribution in [2.24, 2.45) is 4.99 Å². The topological polar surface area (TPSA) is 87.5 Å². The van der Waals surface area contributed by atoms with E-state index in [-0.39, 0.29) is 35.4 Å². The van der Waals surface area contributed by atoms with Crippen molar-refractivity contribution in [2.45, 2.75) is 24.5 Å². The molecule has 0 saturated heterocycles. The Morgan fingerprint density at radius 2 is 1.66 bits per heavy atom. The molecule has 0 bridgehead atoms. The normalized spacial score (nSPS) is 11.6. The van der Waals surface area contributed by atoms with E-state index in [1.807, 2.05) is 30.6 Å². The highest BCUT2D eigenvalue weighted by molar-refractivity contribution is 14.0. The molecule has 0 unspecified atom stereocenters. The Kier molecular flexibility index (Phi) is 10.1. The fourth-order valence-corrected chi connectivity index (χ4v) is 4.05. The average molecular weight is 571 g/mol. The zero-order valence-corrected chi connectivity index (χ0v) is 20.8. The Morgan fingerprint density at radius 3 is 2.34 bits per heavy atom. The molecule has 3 rings (SSSR count). The van der Waals surface area contributed by atoms with Crippen molar-refractivity contribution in [2.75, 3.05) is 13.6 Å². The van der Waals surface area contributed by atoms with Gasteiger partial charge in [-0.1, -0.05) is 24.3 Å². The van der Waals surface area contributed by atoms with Gasteiger partial charge in [0.15, 0.2) is 5.96 Å². The molecule has 0 amide bonds. The molecule has 10 heteroatoms. The SMILES string of the molecule is CN=C(NCCn1cccc1)NCc1cccc(S(=O)(=O)NCc2cccc(F)c2)c1.I. The highest BCUT2D eigenvalue weighted by Gasteiger charge is 2.14. The number of benzene rings is 2. The summed E-state index contributed by atoms with van der Waals surface area (Å²) in [5, 5.41) is 6.40. The van der Waals surface area contributed by atoms with Crippen molar-refractivity contribution in [3.8, 4) is 0 Å². The van der Waals surface area contributed by atoms with Gasteiger partial charge < -0.3 is 15.2 Å². The van der Waals surface area contributed by atoms with Crippen LogP contribution in [0.4, 0.5) is 4.39 Å². The van der Waals surface area contributed by atoms with Gasteiger partial charge in [-0.25, -0.2) is 17.5 Å². The van der Waals surface area contributed by atoms with Gasteiger partial charge in [0.2, 0.25) is 10.0 Å². The van der Waals surface area contributed by atoms with Gasteiger partial charge in [0, 0.05) is 45.6 Å². The van der Waals surface area contributed by atoms with Crippen molar-refractivity contribution in [3.05, 3.63) is 90.0 Å². The first-order chi connectivity index (χ1) is 15.0. The molecule has 3 aromatic rings. The molecular weight excluding hydrogens is 544 g/mol. The molecular formula is C22H27FIN5O2S. The fourth-order valence-electron chi connectivity index (χ4n) is 2.96. The molecule has 0 saturated carbocycles. The van der Waals surface area contributed by atoms with Crippen LogP contribution in [0.5, 0.6) is 0 Å². The van der Waals surface area contributed by atoms with Crippen LogP contribution in [-0.4, -0.2) is 32.5 Å². The first kappa shape index (κ1) is 25.8. The summed E-state index contributed by atoms with van der Waals surface area (Å²) >= 11 is 0. The highest BCUT2D eigenvalue weighted by Crippen LogP contribution is 2.13. The van der Waals surface area contributed by atoms with Crippen molar-refractivity contribution in [3.63, 3.8) is 0 Å². The zero-order valence-electron chi connectivity index (χ0n) is 17.7. The van der Waals surface area contributed by atoms with Crippen molar-refractivity contribution in [1.82, 2.24) is 19.9 Å². The molecule has 0 spiro atoms. The van der Waals surface area contributed by atoms with E-state index >= 15 is 0 Å². The average Bonchev–Trinajstić information content (AvgIpc) is 3.28. The van der Waals surface area contributed by atoms with Crippen LogP contribution >= 0.6 is 24.0 Å². The van der Waals surface area contributed by atoms with Gasteiger partial charge in [-0.3, -0.25) is 4.99 Å². The summed E-state index contributed by atoms with van der Waals surface area (Å²) in [6, 6.07) is 16.4. The third-order valence-electron chi connectivity index (χ3n) is 4.58. The molecule has 1 heterocycles. The Balaban J connectivity index is 0.00000363. The Bertz CT molecular complexity index is 1120. The third kappa shape index (κ3) is 7.92. The molecule has 172 valence electrons. The molecule has 0 aliphatic rings. The van der Waals surface area contributed by atoms with E-state index in [4.69, 9.17) is 0 Å². The number of hydrogen-bond donors (Lipinski definition) is 3. The van der Waals surface area contributed by atoms with E-state index in [9.17, 15) is 12.8 Å². The van der Waals surface area contributed by atoms with Crippen LogP contribution in [-0.2, 0) is 29.7 Å². The first-order valence-electron chi connectivity index (χ1n) is 9.84. The maximum Gasteiger partial charge on any atom is 0.240 e. The van der Waals surface area contributed by atoms with E-state index in [0.29, 0.717) is 24.6 Å². The molecule has 0 aliphatic carbocycles. The number of aliphatic imine (C=N–C) groups is 1. The quantitative estimate of drug-likeness (QED) is 0.209. The molecule has 32 heavy (non-hydrogen) atoms.